The molecule has 0 heterocycles. The van der Waals surface area contributed by atoms with Crippen LogP contribution >= 0.6 is 12.4 Å². The molecule has 0 bridgehead atoms. The molecule has 0 aliphatic carbocycles. The molecule has 0 aromatic carbocycles. The molecule has 0 saturated carbocycles. The third-order valence-electron chi connectivity index (χ3n) is 2.15. The zero-order chi connectivity index (χ0) is 15.7. The number of halogens is 1. The summed E-state index contributed by atoms with van der Waals surface area (Å²) in [6.45, 7) is -3.00. The summed E-state index contributed by atoms with van der Waals surface area (Å²) in [5.74, 6) is -5.82. The van der Waals surface area contributed by atoms with Gasteiger partial charge in [-0.25, -0.2) is 0 Å². The fourth-order valence-corrected chi connectivity index (χ4v) is 1.45. The monoisotopic (exact) mass is 442 g/mol. The Hall–Kier alpha value is 3.00. The number of nitrogens with zero attached hydrogens (tertiary/aromatic N) is 2. The molecule has 0 aliphatic rings. The summed E-state index contributed by atoms with van der Waals surface area (Å²) in [5.41, 5.74) is 0. The maximum Gasteiger partial charge on any atom is 1.00 e. The molecule has 14 heteroatoms. The van der Waals surface area contributed by atoms with Crippen LogP contribution in [0.1, 0.15) is 0 Å². The van der Waals surface area contributed by atoms with E-state index in [0.29, 0.717) is 0 Å². The minimum atomic E-state index is -1.52. The van der Waals surface area contributed by atoms with Crippen molar-refractivity contribution in [2.45, 2.75) is 0 Å². The first-order valence-electron chi connectivity index (χ1n) is 5.46. The van der Waals surface area contributed by atoms with E-state index < -0.39 is 50.1 Å². The van der Waals surface area contributed by atoms with Gasteiger partial charge in [-0.15, -0.1) is 12.4 Å². The van der Waals surface area contributed by atoms with Crippen molar-refractivity contribution in [2.24, 2.45) is 0 Å². The second-order valence-electron chi connectivity index (χ2n) is 3.93. The van der Waals surface area contributed by atoms with Crippen molar-refractivity contribution in [3.63, 3.8) is 0 Å². The quantitative estimate of drug-likeness (QED) is 0.303. The fraction of sp³-hybridized carbons (Fsp3) is 0.600. The standard InChI is InChI=1S/C10H16N2O8.ClH.3K/c13-7(14)3-11(4-8(15)16)1-2-12(5-9(17)18)6-10(19)20;;;;/h1-6H2,(H,13,14)(H,15,16)(H,17,18)(H,19,20);1H;;;/q;;3*+1/p-3. The molecule has 0 amide bonds. The zero-order valence-corrected chi connectivity index (χ0v) is 24.0. The second-order valence-corrected chi connectivity index (χ2v) is 3.93. The van der Waals surface area contributed by atoms with Crippen LogP contribution in [0.5, 0.6) is 0 Å². The first kappa shape index (κ1) is 37.7. The Morgan fingerprint density at radius 2 is 0.917 bits per heavy atom. The molecule has 0 fully saturated rings. The number of carbonyl (C=O) groups is 4. The average Bonchev–Trinajstić information content (AvgIpc) is 2.22. The molecule has 0 spiro atoms. The van der Waals surface area contributed by atoms with Crippen molar-refractivity contribution < 1.29 is 194 Å². The number of hydrogen-bond acceptors (Lipinski definition) is 9. The SMILES string of the molecule is Cl.O=C([O-])CN(CCN(CC(=O)[O-])CC(=O)O)CC(=O)[O-].[K+].[K+].[K+]. The van der Waals surface area contributed by atoms with Crippen molar-refractivity contribution >= 4 is 36.3 Å². The van der Waals surface area contributed by atoms with E-state index in [2.05, 4.69) is 0 Å². The van der Waals surface area contributed by atoms with Gasteiger partial charge in [0.2, 0.25) is 0 Å². The van der Waals surface area contributed by atoms with Crippen LogP contribution in [-0.2, 0) is 19.2 Å². The van der Waals surface area contributed by atoms with Crippen molar-refractivity contribution in [1.82, 2.24) is 9.80 Å². The summed E-state index contributed by atoms with van der Waals surface area (Å²) in [7, 11) is 0. The molecule has 0 saturated heterocycles. The van der Waals surface area contributed by atoms with Gasteiger partial charge in [0, 0.05) is 32.7 Å². The summed E-state index contributed by atoms with van der Waals surface area (Å²) in [6, 6.07) is 0. The van der Waals surface area contributed by atoms with Crippen LogP contribution in [0.25, 0.3) is 0 Å². The van der Waals surface area contributed by atoms with Crippen LogP contribution in [0.15, 0.2) is 0 Å². The summed E-state index contributed by atoms with van der Waals surface area (Å²) in [4.78, 5) is 43.7. The largest absolute Gasteiger partial charge is 1.00 e. The minimum absolute atomic E-state index is 0. The van der Waals surface area contributed by atoms with Gasteiger partial charge in [0.1, 0.15) is 0 Å². The van der Waals surface area contributed by atoms with Gasteiger partial charge in [-0.2, -0.15) is 0 Å². The molecule has 1 N–H and O–H groups in total. The van der Waals surface area contributed by atoms with E-state index in [1.54, 1.807) is 0 Å². The molecule has 0 aromatic heterocycles. The van der Waals surface area contributed by atoms with Gasteiger partial charge in [0.05, 0.1) is 24.5 Å². The molecular weight excluding hydrogens is 429 g/mol. The Labute approximate surface area is 272 Å². The Morgan fingerprint density at radius 1 is 0.667 bits per heavy atom. The molecule has 0 aromatic rings. The van der Waals surface area contributed by atoms with Crippen LogP contribution < -0.4 is 169 Å². The van der Waals surface area contributed by atoms with Gasteiger partial charge >= 0.3 is 160 Å². The van der Waals surface area contributed by atoms with Crippen LogP contribution in [0.4, 0.5) is 0 Å². The average molecular weight is 443 g/mol. The number of carboxylic acids is 4. The van der Waals surface area contributed by atoms with Gasteiger partial charge in [0.25, 0.3) is 0 Å². The van der Waals surface area contributed by atoms with E-state index in [1.165, 1.54) is 0 Å². The summed E-state index contributed by atoms with van der Waals surface area (Å²) >= 11 is 0. The Bertz CT molecular complexity index is 334. The number of carbonyl (C=O) groups excluding carboxylic acids is 3. The summed E-state index contributed by atoms with van der Waals surface area (Å²) in [5, 5.41) is 39.8. The molecule has 0 aliphatic heterocycles. The third kappa shape index (κ3) is 25.0. The smallest absolute Gasteiger partial charge is 0.549 e. The van der Waals surface area contributed by atoms with Gasteiger partial charge in [-0.1, -0.05) is 0 Å². The van der Waals surface area contributed by atoms with Gasteiger partial charge in [0.15, 0.2) is 0 Å². The van der Waals surface area contributed by atoms with Crippen molar-refractivity contribution in [3.8, 4) is 0 Å². The zero-order valence-electron chi connectivity index (χ0n) is 13.9. The van der Waals surface area contributed by atoms with Crippen LogP contribution in [0, 0.1) is 0 Å². The van der Waals surface area contributed by atoms with E-state index in [0.717, 1.165) is 9.80 Å². The van der Waals surface area contributed by atoms with Crippen LogP contribution in [0.2, 0.25) is 0 Å². The van der Waals surface area contributed by atoms with Gasteiger partial charge < -0.3 is 34.8 Å². The maximum atomic E-state index is 10.5. The topological polar surface area (TPSA) is 164 Å². The van der Waals surface area contributed by atoms with Crippen LogP contribution in [0.3, 0.4) is 0 Å². The Morgan fingerprint density at radius 3 is 1.12 bits per heavy atom. The van der Waals surface area contributed by atoms with E-state index >= 15 is 0 Å². The number of carboxylic acid groups (broad SMARTS) is 4. The molecule has 122 valence electrons. The van der Waals surface area contributed by atoms with E-state index in [1.807, 2.05) is 0 Å². The number of rotatable bonds is 11. The number of hydrogen-bond donors (Lipinski definition) is 1. The normalized spacial score (nSPS) is 8.92. The first-order valence-corrected chi connectivity index (χ1v) is 5.46. The van der Waals surface area contributed by atoms with E-state index in [-0.39, 0.29) is 180 Å². The second kappa shape index (κ2) is 22.3. The number of aliphatic carboxylic acids is 4. The molecule has 0 rings (SSSR count). The van der Waals surface area contributed by atoms with Crippen molar-refractivity contribution in [1.29, 1.82) is 0 Å². The molecule has 0 radical (unpaired) electrons. The summed E-state index contributed by atoms with van der Waals surface area (Å²) in [6.07, 6.45) is 0. The Kier molecular flexibility index (Phi) is 35.0. The van der Waals surface area contributed by atoms with E-state index in [9.17, 15) is 34.5 Å². The first-order chi connectivity index (χ1) is 9.20. The van der Waals surface area contributed by atoms with Gasteiger partial charge in [-0.05, 0) is 0 Å². The molecule has 10 nitrogen and oxygen atoms in total. The molecule has 0 unspecified atom stereocenters. The maximum absolute atomic E-state index is 10.5. The van der Waals surface area contributed by atoms with Crippen molar-refractivity contribution in [3.05, 3.63) is 0 Å². The van der Waals surface area contributed by atoms with Crippen LogP contribution in [-0.4, -0.2) is 78.1 Å². The molecule has 24 heavy (non-hydrogen) atoms. The Balaban J connectivity index is -0.000000301. The molecular formula is C10H14ClK3N2O8. The van der Waals surface area contributed by atoms with Gasteiger partial charge in [-0.3, -0.25) is 14.6 Å². The third-order valence-corrected chi connectivity index (χ3v) is 2.15. The minimum Gasteiger partial charge on any atom is -0.549 e. The van der Waals surface area contributed by atoms with Crippen molar-refractivity contribution in [2.75, 3.05) is 39.3 Å². The predicted octanol–water partition coefficient (Wildman–Crippen LogP) is -14.6. The van der Waals surface area contributed by atoms with E-state index in [4.69, 9.17) is 5.11 Å². The fourth-order valence-electron chi connectivity index (χ4n) is 1.45. The molecule has 0 atom stereocenters. The summed E-state index contributed by atoms with van der Waals surface area (Å²) < 4.78 is 0. The predicted molar refractivity (Wildman–Crippen MR) is 62.8 cm³/mol.